The van der Waals surface area contributed by atoms with Crippen molar-refractivity contribution in [3.63, 3.8) is 0 Å². The third-order valence-corrected chi connectivity index (χ3v) is 5.76. The van der Waals surface area contributed by atoms with E-state index in [-0.39, 0.29) is 24.0 Å². The maximum Gasteiger partial charge on any atom is 0.191 e. The highest BCUT2D eigenvalue weighted by Gasteiger charge is 2.24. The Kier molecular flexibility index (Phi) is 9.69. The number of hydrogen-bond donors (Lipinski definition) is 2. The fourth-order valence-corrected chi connectivity index (χ4v) is 4.24. The van der Waals surface area contributed by atoms with E-state index >= 15 is 0 Å². The standard InChI is InChI=1S/C19H30N6OS.HI/c1-15-12-23-25(14-15)7-6-21-19(20-3)22-13-17(18-5-4-16(2)27-18)24-8-10-26-11-9-24;/h4-5,12,14,17H,6-11,13H2,1-3H3,(H2,20,21,22);1H. The van der Waals surface area contributed by atoms with Crippen LogP contribution in [-0.2, 0) is 11.3 Å². The summed E-state index contributed by atoms with van der Waals surface area (Å²) >= 11 is 1.87. The number of morpholine rings is 1. The zero-order chi connectivity index (χ0) is 19.1. The number of nitrogens with zero attached hydrogens (tertiary/aromatic N) is 4. The van der Waals surface area contributed by atoms with Crippen LogP contribution in [0, 0.1) is 13.8 Å². The molecule has 1 aliphatic heterocycles. The first-order valence-corrected chi connectivity index (χ1v) is 10.3. The van der Waals surface area contributed by atoms with Gasteiger partial charge in [-0.05, 0) is 31.5 Å². The summed E-state index contributed by atoms with van der Waals surface area (Å²) in [5, 5.41) is 11.2. The number of thiophene rings is 1. The van der Waals surface area contributed by atoms with Gasteiger partial charge in [-0.1, -0.05) is 0 Å². The van der Waals surface area contributed by atoms with Crippen LogP contribution in [0.2, 0.25) is 0 Å². The molecule has 1 saturated heterocycles. The molecule has 0 aliphatic carbocycles. The number of guanidine groups is 1. The molecular weight excluding hydrogens is 487 g/mol. The van der Waals surface area contributed by atoms with Crippen molar-refractivity contribution in [2.24, 2.45) is 4.99 Å². The molecule has 1 unspecified atom stereocenters. The summed E-state index contributed by atoms with van der Waals surface area (Å²) in [4.78, 5) is 9.61. The van der Waals surface area contributed by atoms with Gasteiger partial charge in [0.1, 0.15) is 0 Å². The second-order valence-electron chi connectivity index (χ2n) is 6.77. The van der Waals surface area contributed by atoms with Crippen molar-refractivity contribution in [1.29, 1.82) is 0 Å². The van der Waals surface area contributed by atoms with Gasteiger partial charge in [0, 0.05) is 49.2 Å². The molecule has 28 heavy (non-hydrogen) atoms. The van der Waals surface area contributed by atoms with Gasteiger partial charge in [0.25, 0.3) is 0 Å². The Morgan fingerprint density at radius 2 is 2.07 bits per heavy atom. The predicted octanol–water partition coefficient (Wildman–Crippen LogP) is 2.42. The molecule has 0 saturated carbocycles. The fraction of sp³-hybridized carbons (Fsp3) is 0.579. The molecule has 9 heteroatoms. The van der Waals surface area contributed by atoms with E-state index in [2.05, 4.69) is 51.6 Å². The largest absolute Gasteiger partial charge is 0.379 e. The molecule has 156 valence electrons. The summed E-state index contributed by atoms with van der Waals surface area (Å²) in [6.45, 7) is 10.2. The number of nitrogens with one attached hydrogen (secondary N) is 2. The Morgan fingerprint density at radius 3 is 2.68 bits per heavy atom. The maximum atomic E-state index is 5.53. The van der Waals surface area contributed by atoms with Gasteiger partial charge in [-0.2, -0.15) is 5.10 Å². The molecule has 2 N–H and O–H groups in total. The van der Waals surface area contributed by atoms with E-state index in [1.54, 1.807) is 0 Å². The molecule has 3 rings (SSSR count). The van der Waals surface area contributed by atoms with Gasteiger partial charge in [-0.3, -0.25) is 14.6 Å². The van der Waals surface area contributed by atoms with Crippen molar-refractivity contribution < 1.29 is 4.74 Å². The monoisotopic (exact) mass is 518 g/mol. The Hall–Kier alpha value is -1.17. The van der Waals surface area contributed by atoms with E-state index in [4.69, 9.17) is 4.74 Å². The zero-order valence-electron chi connectivity index (χ0n) is 16.9. The highest BCUT2D eigenvalue weighted by molar-refractivity contribution is 14.0. The summed E-state index contributed by atoms with van der Waals surface area (Å²) in [5.74, 6) is 0.824. The Morgan fingerprint density at radius 1 is 1.29 bits per heavy atom. The molecule has 0 bridgehead atoms. The van der Waals surface area contributed by atoms with Crippen LogP contribution >= 0.6 is 35.3 Å². The van der Waals surface area contributed by atoms with Crippen LogP contribution in [0.5, 0.6) is 0 Å². The van der Waals surface area contributed by atoms with Crippen molar-refractivity contribution in [1.82, 2.24) is 25.3 Å². The molecule has 1 atom stereocenters. The summed E-state index contributed by atoms with van der Waals surface area (Å²) in [7, 11) is 1.81. The van der Waals surface area contributed by atoms with Gasteiger partial charge < -0.3 is 15.4 Å². The highest BCUT2D eigenvalue weighted by Crippen LogP contribution is 2.27. The normalized spacial score (nSPS) is 16.5. The topological polar surface area (TPSA) is 66.7 Å². The molecule has 3 heterocycles. The molecule has 1 aliphatic rings. The minimum Gasteiger partial charge on any atom is -0.379 e. The first-order valence-electron chi connectivity index (χ1n) is 9.47. The van der Waals surface area contributed by atoms with Crippen molar-refractivity contribution >= 4 is 41.3 Å². The van der Waals surface area contributed by atoms with Gasteiger partial charge in [0.15, 0.2) is 5.96 Å². The molecule has 0 aromatic carbocycles. The van der Waals surface area contributed by atoms with Gasteiger partial charge in [-0.15, -0.1) is 35.3 Å². The lowest BCUT2D eigenvalue weighted by Crippen LogP contribution is -2.46. The van der Waals surface area contributed by atoms with Gasteiger partial charge in [0.2, 0.25) is 0 Å². The zero-order valence-corrected chi connectivity index (χ0v) is 20.0. The lowest BCUT2D eigenvalue weighted by atomic mass is 10.2. The lowest BCUT2D eigenvalue weighted by Gasteiger charge is -2.34. The minimum absolute atomic E-state index is 0. The van der Waals surface area contributed by atoms with E-state index in [1.807, 2.05) is 35.5 Å². The summed E-state index contributed by atoms with van der Waals surface area (Å²) < 4.78 is 7.48. The first kappa shape index (κ1) is 23.1. The van der Waals surface area contributed by atoms with Gasteiger partial charge >= 0.3 is 0 Å². The maximum absolute atomic E-state index is 5.53. The van der Waals surface area contributed by atoms with Crippen LogP contribution in [0.3, 0.4) is 0 Å². The molecule has 0 spiro atoms. The second-order valence-corrected chi connectivity index (χ2v) is 8.09. The number of aliphatic imine (C=N–C) groups is 1. The number of hydrogen-bond acceptors (Lipinski definition) is 5. The average molecular weight is 518 g/mol. The van der Waals surface area contributed by atoms with Crippen LogP contribution in [0.25, 0.3) is 0 Å². The lowest BCUT2D eigenvalue weighted by molar-refractivity contribution is 0.0177. The molecule has 1 fully saturated rings. The smallest absolute Gasteiger partial charge is 0.191 e. The number of ether oxygens (including phenoxy) is 1. The molecular formula is C19H31IN6OS. The third-order valence-electron chi connectivity index (χ3n) is 4.66. The Bertz CT molecular complexity index is 740. The molecule has 0 amide bonds. The van der Waals surface area contributed by atoms with Crippen LogP contribution < -0.4 is 10.6 Å². The number of halogens is 1. The Balaban J connectivity index is 0.00000280. The number of rotatable bonds is 7. The SMILES string of the molecule is CN=C(NCCn1cc(C)cn1)NCC(c1ccc(C)s1)N1CCOCC1.I. The molecule has 2 aromatic heterocycles. The summed E-state index contributed by atoms with van der Waals surface area (Å²) in [6.07, 6.45) is 3.93. The fourth-order valence-electron chi connectivity index (χ4n) is 3.22. The van der Waals surface area contributed by atoms with E-state index in [0.717, 1.165) is 51.9 Å². The van der Waals surface area contributed by atoms with Crippen molar-refractivity contribution in [2.45, 2.75) is 26.4 Å². The predicted molar refractivity (Wildman–Crippen MR) is 126 cm³/mol. The van der Waals surface area contributed by atoms with Crippen LogP contribution in [0.1, 0.15) is 21.4 Å². The van der Waals surface area contributed by atoms with E-state index < -0.39 is 0 Å². The van der Waals surface area contributed by atoms with Crippen LogP contribution in [0.15, 0.2) is 29.5 Å². The quantitative estimate of drug-likeness (QED) is 0.335. The van der Waals surface area contributed by atoms with Crippen LogP contribution in [-0.4, -0.2) is 67.1 Å². The van der Waals surface area contributed by atoms with Crippen molar-refractivity contribution in [2.75, 3.05) is 46.4 Å². The molecule has 7 nitrogen and oxygen atoms in total. The Labute approximate surface area is 188 Å². The molecule has 2 aromatic rings. The van der Waals surface area contributed by atoms with Crippen LogP contribution in [0.4, 0.5) is 0 Å². The summed E-state index contributed by atoms with van der Waals surface area (Å²) in [6, 6.07) is 4.78. The van der Waals surface area contributed by atoms with Crippen molar-refractivity contribution in [3.8, 4) is 0 Å². The average Bonchev–Trinajstić information content (AvgIpc) is 3.29. The number of aryl methyl sites for hydroxylation is 2. The van der Waals surface area contributed by atoms with E-state index in [9.17, 15) is 0 Å². The summed E-state index contributed by atoms with van der Waals surface area (Å²) in [5.41, 5.74) is 1.18. The first-order chi connectivity index (χ1) is 13.2. The number of aromatic nitrogens is 2. The van der Waals surface area contributed by atoms with E-state index in [1.165, 1.54) is 15.3 Å². The van der Waals surface area contributed by atoms with E-state index in [0.29, 0.717) is 6.04 Å². The third kappa shape index (κ3) is 6.71. The van der Waals surface area contributed by atoms with Crippen molar-refractivity contribution in [3.05, 3.63) is 39.8 Å². The van der Waals surface area contributed by atoms with Gasteiger partial charge in [0.05, 0.1) is 32.0 Å². The second kappa shape index (κ2) is 11.7. The molecule has 0 radical (unpaired) electrons. The highest BCUT2D eigenvalue weighted by atomic mass is 127. The minimum atomic E-state index is 0. The van der Waals surface area contributed by atoms with Gasteiger partial charge in [-0.25, -0.2) is 0 Å².